The number of carbonyl (C=O) groups is 1. The van der Waals surface area contributed by atoms with Crippen molar-refractivity contribution in [2.24, 2.45) is 5.92 Å². The van der Waals surface area contributed by atoms with Gasteiger partial charge in [-0.25, -0.2) is 0 Å². The van der Waals surface area contributed by atoms with E-state index in [0.717, 1.165) is 49.5 Å². The first-order chi connectivity index (χ1) is 15.2. The van der Waals surface area contributed by atoms with Crippen molar-refractivity contribution in [3.05, 3.63) is 83.6 Å². The summed E-state index contributed by atoms with van der Waals surface area (Å²) in [6.45, 7) is 2.30. The number of hydrogen-bond acceptors (Lipinski definition) is 5. The third kappa shape index (κ3) is 5.40. The number of piperidine rings is 1. The van der Waals surface area contributed by atoms with Crippen molar-refractivity contribution in [3.63, 3.8) is 0 Å². The van der Waals surface area contributed by atoms with Gasteiger partial charge < -0.3 is 15.0 Å². The maximum absolute atomic E-state index is 12.5. The Morgan fingerprint density at radius 2 is 1.74 bits per heavy atom. The highest BCUT2D eigenvalue weighted by atomic mass is 16.5. The normalized spacial score (nSPS) is 14.3. The van der Waals surface area contributed by atoms with E-state index in [9.17, 15) is 4.79 Å². The second-order valence-corrected chi connectivity index (χ2v) is 7.89. The molecule has 2 aromatic carbocycles. The first-order valence-electron chi connectivity index (χ1n) is 10.8. The lowest BCUT2D eigenvalue weighted by molar-refractivity contribution is 0.0944. The summed E-state index contributed by atoms with van der Waals surface area (Å²) in [5.74, 6) is 2.04. The van der Waals surface area contributed by atoms with Gasteiger partial charge in [0.25, 0.3) is 5.91 Å². The quantitative estimate of drug-likeness (QED) is 0.633. The summed E-state index contributed by atoms with van der Waals surface area (Å²) in [5, 5.41) is 11.4. The fourth-order valence-corrected chi connectivity index (χ4v) is 4.04. The molecule has 6 heteroatoms. The molecule has 4 rings (SSSR count). The van der Waals surface area contributed by atoms with E-state index in [1.807, 2.05) is 30.3 Å². The zero-order chi connectivity index (χ0) is 21.5. The number of benzene rings is 2. The second-order valence-electron chi connectivity index (χ2n) is 7.89. The van der Waals surface area contributed by atoms with Crippen molar-refractivity contribution in [2.75, 3.05) is 25.1 Å². The average molecular weight is 417 g/mol. The molecule has 0 spiro atoms. The molecule has 160 valence electrons. The molecule has 2 heterocycles. The van der Waals surface area contributed by atoms with E-state index in [1.54, 1.807) is 13.2 Å². The first-order valence-corrected chi connectivity index (χ1v) is 10.8. The largest absolute Gasteiger partial charge is 0.496 e. The number of rotatable bonds is 7. The zero-order valence-electron chi connectivity index (χ0n) is 17.8. The van der Waals surface area contributed by atoms with Gasteiger partial charge in [-0.2, -0.15) is 0 Å². The maximum Gasteiger partial charge on any atom is 0.272 e. The minimum Gasteiger partial charge on any atom is -0.496 e. The maximum atomic E-state index is 12.5. The fraction of sp³-hybridized carbons (Fsp3) is 0.320. The van der Waals surface area contributed by atoms with Gasteiger partial charge >= 0.3 is 0 Å². The number of nitrogens with one attached hydrogen (secondary N) is 1. The summed E-state index contributed by atoms with van der Waals surface area (Å²) < 4.78 is 5.32. The molecule has 1 aliphatic rings. The molecule has 1 amide bonds. The monoisotopic (exact) mass is 416 g/mol. The van der Waals surface area contributed by atoms with Gasteiger partial charge in [0.15, 0.2) is 11.5 Å². The van der Waals surface area contributed by atoms with Crippen molar-refractivity contribution in [3.8, 4) is 5.75 Å². The summed E-state index contributed by atoms with van der Waals surface area (Å²) >= 11 is 0. The molecule has 3 aromatic rings. The number of ether oxygens (including phenoxy) is 1. The van der Waals surface area contributed by atoms with Gasteiger partial charge in [0, 0.05) is 25.2 Å². The summed E-state index contributed by atoms with van der Waals surface area (Å²) in [7, 11) is 1.62. The smallest absolute Gasteiger partial charge is 0.272 e. The lowest BCUT2D eigenvalue weighted by Gasteiger charge is -2.32. The lowest BCUT2D eigenvalue weighted by atomic mass is 9.90. The van der Waals surface area contributed by atoms with E-state index < -0.39 is 0 Å². The number of hydrogen-bond donors (Lipinski definition) is 1. The number of anilines is 1. The highest BCUT2D eigenvalue weighted by molar-refractivity contribution is 5.92. The molecule has 0 unspecified atom stereocenters. The van der Waals surface area contributed by atoms with Crippen LogP contribution < -0.4 is 15.0 Å². The zero-order valence-corrected chi connectivity index (χ0v) is 17.8. The van der Waals surface area contributed by atoms with Crippen LogP contribution in [0.1, 0.15) is 34.5 Å². The van der Waals surface area contributed by atoms with E-state index >= 15 is 0 Å². The predicted octanol–water partition coefficient (Wildman–Crippen LogP) is 3.87. The van der Waals surface area contributed by atoms with E-state index in [0.29, 0.717) is 18.2 Å². The molecule has 6 nitrogen and oxygen atoms in total. The number of carbonyl (C=O) groups excluding carboxylic acids is 1. The SMILES string of the molecule is COc1ccccc1CNC(=O)c1ccc(N2CCC(Cc3ccccc3)CC2)nn1. The van der Waals surface area contributed by atoms with Crippen LogP contribution in [-0.4, -0.2) is 36.3 Å². The Balaban J connectivity index is 1.28. The van der Waals surface area contributed by atoms with Crippen molar-refractivity contribution < 1.29 is 9.53 Å². The molecule has 0 bridgehead atoms. The molecular formula is C25H28N4O2. The van der Waals surface area contributed by atoms with Crippen LogP contribution >= 0.6 is 0 Å². The minimum absolute atomic E-state index is 0.244. The highest BCUT2D eigenvalue weighted by Gasteiger charge is 2.21. The van der Waals surface area contributed by atoms with Crippen molar-refractivity contribution in [1.29, 1.82) is 0 Å². The minimum atomic E-state index is -0.244. The van der Waals surface area contributed by atoms with Gasteiger partial charge in [0.05, 0.1) is 7.11 Å². The van der Waals surface area contributed by atoms with Gasteiger partial charge in [-0.05, 0) is 48.9 Å². The Kier molecular flexibility index (Phi) is 6.77. The van der Waals surface area contributed by atoms with Gasteiger partial charge in [0.1, 0.15) is 5.75 Å². The Morgan fingerprint density at radius 1 is 1.00 bits per heavy atom. The molecule has 0 radical (unpaired) electrons. The van der Waals surface area contributed by atoms with Gasteiger partial charge in [-0.3, -0.25) is 4.79 Å². The highest BCUT2D eigenvalue weighted by Crippen LogP contribution is 2.24. The topological polar surface area (TPSA) is 67.3 Å². The van der Waals surface area contributed by atoms with Gasteiger partial charge in [-0.15, -0.1) is 10.2 Å². The second kappa shape index (κ2) is 10.1. The molecule has 1 aromatic heterocycles. The van der Waals surface area contributed by atoms with Crippen molar-refractivity contribution in [2.45, 2.75) is 25.8 Å². The molecule has 1 aliphatic heterocycles. The van der Waals surface area contributed by atoms with Crippen LogP contribution in [0, 0.1) is 5.92 Å². The lowest BCUT2D eigenvalue weighted by Crippen LogP contribution is -2.35. The van der Waals surface area contributed by atoms with E-state index in [1.165, 1.54) is 5.56 Å². The molecular weight excluding hydrogens is 388 g/mol. The standard InChI is InChI=1S/C25H28N4O2/c1-31-23-10-6-5-9-21(23)18-26-25(30)22-11-12-24(28-27-22)29-15-13-20(14-16-29)17-19-7-3-2-4-8-19/h2-12,20H,13-18H2,1H3,(H,26,30). The van der Waals surface area contributed by atoms with Gasteiger partial charge in [-0.1, -0.05) is 48.5 Å². The molecule has 0 atom stereocenters. The van der Waals surface area contributed by atoms with Crippen LogP contribution in [-0.2, 0) is 13.0 Å². The third-order valence-corrected chi connectivity index (χ3v) is 5.82. The number of aromatic nitrogens is 2. The molecule has 1 N–H and O–H groups in total. The molecule has 0 saturated carbocycles. The number of methoxy groups -OCH3 is 1. The summed E-state index contributed by atoms with van der Waals surface area (Å²) in [6, 6.07) is 21.9. The average Bonchev–Trinajstić information content (AvgIpc) is 2.84. The first kappa shape index (κ1) is 20.8. The Bertz CT molecular complexity index is 984. The number of para-hydroxylation sites is 1. The van der Waals surface area contributed by atoms with Crippen molar-refractivity contribution >= 4 is 11.7 Å². The third-order valence-electron chi connectivity index (χ3n) is 5.82. The molecule has 31 heavy (non-hydrogen) atoms. The molecule has 1 fully saturated rings. The summed E-state index contributed by atoms with van der Waals surface area (Å²) in [5.41, 5.74) is 2.64. The molecule has 1 saturated heterocycles. The van der Waals surface area contributed by atoms with Crippen LogP contribution in [0.5, 0.6) is 5.75 Å². The Morgan fingerprint density at radius 3 is 2.45 bits per heavy atom. The van der Waals surface area contributed by atoms with Gasteiger partial charge in [0.2, 0.25) is 0 Å². The van der Waals surface area contributed by atoms with Crippen molar-refractivity contribution in [1.82, 2.24) is 15.5 Å². The van der Waals surface area contributed by atoms with Crippen LogP contribution in [0.2, 0.25) is 0 Å². The van der Waals surface area contributed by atoms with E-state index in [2.05, 4.69) is 50.7 Å². The van der Waals surface area contributed by atoms with Crippen LogP contribution in [0.15, 0.2) is 66.7 Å². The number of amides is 1. The van der Waals surface area contributed by atoms with Crippen LogP contribution in [0.25, 0.3) is 0 Å². The fourth-order valence-electron chi connectivity index (χ4n) is 4.04. The predicted molar refractivity (Wildman–Crippen MR) is 121 cm³/mol. The van der Waals surface area contributed by atoms with Crippen LogP contribution in [0.3, 0.4) is 0 Å². The summed E-state index contributed by atoms with van der Waals surface area (Å²) in [6.07, 6.45) is 3.40. The molecule has 0 aliphatic carbocycles. The number of nitrogens with zero attached hydrogens (tertiary/aromatic N) is 3. The van der Waals surface area contributed by atoms with E-state index in [-0.39, 0.29) is 5.91 Å². The Labute approximate surface area is 183 Å². The van der Waals surface area contributed by atoms with Crippen LogP contribution in [0.4, 0.5) is 5.82 Å². The van der Waals surface area contributed by atoms with E-state index in [4.69, 9.17) is 4.74 Å². The Hall–Kier alpha value is -3.41. The summed E-state index contributed by atoms with van der Waals surface area (Å²) in [4.78, 5) is 14.7.